The van der Waals surface area contributed by atoms with E-state index in [0.717, 1.165) is 12.1 Å². The number of hydrogen-bond donors (Lipinski definition) is 1. The van der Waals surface area contributed by atoms with Crippen molar-refractivity contribution in [2.24, 2.45) is 5.73 Å². The van der Waals surface area contributed by atoms with Crippen LogP contribution in [0, 0.1) is 0 Å². The Labute approximate surface area is 100 Å². The van der Waals surface area contributed by atoms with Crippen molar-refractivity contribution in [2.75, 3.05) is 13.2 Å². The highest BCUT2D eigenvalue weighted by molar-refractivity contribution is 5.94. The lowest BCUT2D eigenvalue weighted by molar-refractivity contribution is -0.138. The molecule has 0 aliphatic carbocycles. The number of carbonyl (C=O) groups excluding carboxylic acids is 1. The first-order valence-electron chi connectivity index (χ1n) is 5.13. The van der Waals surface area contributed by atoms with Gasteiger partial charge >= 0.3 is 6.18 Å². The smallest absolute Gasteiger partial charge is 0.417 e. The second-order valence-electron chi connectivity index (χ2n) is 3.84. The summed E-state index contributed by atoms with van der Waals surface area (Å²) in [5, 5.41) is 0. The Kier molecular flexibility index (Phi) is 3.16. The highest BCUT2D eigenvalue weighted by atomic mass is 19.4. The molecule has 1 amide bonds. The number of nitrogens with two attached hydrogens (primary N) is 1. The minimum absolute atomic E-state index is 0.0304. The molecule has 1 aromatic rings. The topological polar surface area (TPSA) is 64.9 Å². The third-order valence-electron chi connectivity index (χ3n) is 2.40. The molecule has 1 heterocycles. The molecular formula is C11H10F3NO3. The minimum atomic E-state index is -4.65. The Balaban J connectivity index is 2.25. The Morgan fingerprint density at radius 2 is 2.17 bits per heavy atom. The average Bonchev–Trinajstić information content (AvgIpc) is 3.08. The van der Waals surface area contributed by atoms with E-state index >= 15 is 0 Å². The number of hydrogen-bond acceptors (Lipinski definition) is 3. The van der Waals surface area contributed by atoms with Crippen LogP contribution in [0.25, 0.3) is 0 Å². The summed E-state index contributed by atoms with van der Waals surface area (Å²) in [5.74, 6) is -1.10. The van der Waals surface area contributed by atoms with Crippen molar-refractivity contribution in [2.45, 2.75) is 12.3 Å². The number of alkyl halides is 3. The van der Waals surface area contributed by atoms with E-state index in [2.05, 4.69) is 0 Å². The molecule has 7 heteroatoms. The quantitative estimate of drug-likeness (QED) is 0.837. The van der Waals surface area contributed by atoms with Crippen LogP contribution < -0.4 is 10.5 Å². The van der Waals surface area contributed by atoms with Gasteiger partial charge in [0.25, 0.3) is 0 Å². The fourth-order valence-corrected chi connectivity index (χ4v) is 1.42. The van der Waals surface area contributed by atoms with Crippen LogP contribution in [0.4, 0.5) is 13.2 Å². The molecule has 1 aromatic carbocycles. The van der Waals surface area contributed by atoms with Crippen LogP contribution in [0.5, 0.6) is 5.75 Å². The predicted octanol–water partition coefficient (Wildman–Crippen LogP) is 1.58. The summed E-state index contributed by atoms with van der Waals surface area (Å²) in [7, 11) is 0. The van der Waals surface area contributed by atoms with Crippen molar-refractivity contribution in [3.05, 3.63) is 29.3 Å². The van der Waals surface area contributed by atoms with Gasteiger partial charge in [0.05, 0.1) is 17.7 Å². The molecule has 1 aliphatic rings. The maximum Gasteiger partial charge on any atom is 0.417 e. The lowest BCUT2D eigenvalue weighted by Gasteiger charge is -2.13. The SMILES string of the molecule is NC(=O)c1ccc(OCC2CO2)cc1C(F)(F)F. The van der Waals surface area contributed by atoms with Gasteiger partial charge < -0.3 is 15.2 Å². The zero-order valence-corrected chi connectivity index (χ0v) is 9.16. The van der Waals surface area contributed by atoms with Crippen LogP contribution >= 0.6 is 0 Å². The normalized spacial score (nSPS) is 18.5. The van der Waals surface area contributed by atoms with Crippen molar-refractivity contribution in [3.63, 3.8) is 0 Å². The van der Waals surface area contributed by atoms with Crippen molar-refractivity contribution in [3.8, 4) is 5.75 Å². The maximum atomic E-state index is 12.7. The number of rotatable bonds is 4. The predicted molar refractivity (Wildman–Crippen MR) is 55.2 cm³/mol. The molecule has 0 radical (unpaired) electrons. The number of primary amides is 1. The van der Waals surface area contributed by atoms with E-state index in [1.165, 1.54) is 6.07 Å². The van der Waals surface area contributed by atoms with Crippen molar-refractivity contribution in [1.82, 2.24) is 0 Å². The second-order valence-corrected chi connectivity index (χ2v) is 3.84. The Hall–Kier alpha value is -1.76. The van der Waals surface area contributed by atoms with Gasteiger partial charge in [-0.2, -0.15) is 13.2 Å². The van der Waals surface area contributed by atoms with Gasteiger partial charge in [-0.3, -0.25) is 4.79 Å². The number of halogens is 3. The summed E-state index contributed by atoms with van der Waals surface area (Å²) in [6, 6.07) is 3.05. The molecule has 1 atom stereocenters. The second kappa shape index (κ2) is 4.49. The van der Waals surface area contributed by atoms with E-state index in [1.54, 1.807) is 0 Å². The third kappa shape index (κ3) is 2.92. The average molecular weight is 261 g/mol. The fourth-order valence-electron chi connectivity index (χ4n) is 1.42. The van der Waals surface area contributed by atoms with Gasteiger partial charge in [0.1, 0.15) is 18.5 Å². The standard InChI is InChI=1S/C11H10F3NO3/c12-11(13,14)9-3-6(17-4-7-5-18-7)1-2-8(9)10(15)16/h1-3,7H,4-5H2,(H2,15,16). The zero-order chi connectivity index (χ0) is 13.3. The van der Waals surface area contributed by atoms with E-state index in [1.807, 2.05) is 0 Å². The van der Waals surface area contributed by atoms with Crippen molar-refractivity contribution in [1.29, 1.82) is 0 Å². The van der Waals surface area contributed by atoms with Crippen LogP contribution in [0.15, 0.2) is 18.2 Å². The molecule has 18 heavy (non-hydrogen) atoms. The molecule has 98 valence electrons. The lowest BCUT2D eigenvalue weighted by Crippen LogP contribution is -2.19. The summed E-state index contributed by atoms with van der Waals surface area (Å²) >= 11 is 0. The zero-order valence-electron chi connectivity index (χ0n) is 9.16. The van der Waals surface area contributed by atoms with Crippen LogP contribution in [0.1, 0.15) is 15.9 Å². The Bertz CT molecular complexity index is 469. The molecule has 2 N–H and O–H groups in total. The van der Waals surface area contributed by atoms with Gasteiger partial charge in [0.15, 0.2) is 0 Å². The summed E-state index contributed by atoms with van der Waals surface area (Å²) in [4.78, 5) is 10.9. The van der Waals surface area contributed by atoms with Gasteiger partial charge in [-0.1, -0.05) is 0 Å². The molecule has 4 nitrogen and oxygen atoms in total. The van der Waals surface area contributed by atoms with Crippen LogP contribution in [-0.2, 0) is 10.9 Å². The number of ether oxygens (including phenoxy) is 2. The number of epoxide rings is 1. The van der Waals surface area contributed by atoms with Gasteiger partial charge in [-0.05, 0) is 18.2 Å². The van der Waals surface area contributed by atoms with Gasteiger partial charge in [-0.15, -0.1) is 0 Å². The number of carbonyl (C=O) groups is 1. The van der Waals surface area contributed by atoms with E-state index in [4.69, 9.17) is 15.2 Å². The van der Waals surface area contributed by atoms with Crippen LogP contribution in [0.3, 0.4) is 0 Å². The maximum absolute atomic E-state index is 12.7. The molecule has 1 unspecified atom stereocenters. The molecule has 0 spiro atoms. The molecule has 1 fully saturated rings. The van der Waals surface area contributed by atoms with E-state index in [-0.39, 0.29) is 18.5 Å². The molecule has 0 aromatic heterocycles. The Morgan fingerprint density at radius 1 is 1.50 bits per heavy atom. The van der Waals surface area contributed by atoms with Crippen LogP contribution in [0.2, 0.25) is 0 Å². The molecule has 1 aliphatic heterocycles. The highest BCUT2D eigenvalue weighted by Crippen LogP contribution is 2.34. The first-order valence-corrected chi connectivity index (χ1v) is 5.13. The summed E-state index contributed by atoms with van der Waals surface area (Å²) in [5.41, 5.74) is 3.23. The first-order chi connectivity index (χ1) is 8.38. The number of amides is 1. The molecular weight excluding hydrogens is 251 g/mol. The van der Waals surface area contributed by atoms with Crippen molar-refractivity contribution >= 4 is 5.91 Å². The minimum Gasteiger partial charge on any atom is -0.491 e. The summed E-state index contributed by atoms with van der Waals surface area (Å²) in [6.45, 7) is 0.735. The fraction of sp³-hybridized carbons (Fsp3) is 0.364. The Morgan fingerprint density at radius 3 is 2.67 bits per heavy atom. The van der Waals surface area contributed by atoms with Gasteiger partial charge in [-0.25, -0.2) is 0 Å². The molecule has 2 rings (SSSR count). The highest BCUT2D eigenvalue weighted by Gasteiger charge is 2.35. The molecule has 0 bridgehead atoms. The first kappa shape index (κ1) is 12.7. The van der Waals surface area contributed by atoms with Gasteiger partial charge in [0, 0.05) is 0 Å². The monoisotopic (exact) mass is 261 g/mol. The van der Waals surface area contributed by atoms with E-state index < -0.39 is 23.2 Å². The molecule has 1 saturated heterocycles. The lowest BCUT2D eigenvalue weighted by atomic mass is 10.1. The largest absolute Gasteiger partial charge is 0.491 e. The van der Waals surface area contributed by atoms with Crippen LogP contribution in [-0.4, -0.2) is 25.2 Å². The van der Waals surface area contributed by atoms with Gasteiger partial charge in [0.2, 0.25) is 5.91 Å². The number of benzene rings is 1. The molecule has 0 saturated carbocycles. The third-order valence-corrected chi connectivity index (χ3v) is 2.40. The van der Waals surface area contributed by atoms with E-state index in [0.29, 0.717) is 6.61 Å². The summed E-state index contributed by atoms with van der Waals surface area (Å²) in [6.07, 6.45) is -4.71. The van der Waals surface area contributed by atoms with E-state index in [9.17, 15) is 18.0 Å². The summed E-state index contributed by atoms with van der Waals surface area (Å²) < 4.78 is 48.1. The van der Waals surface area contributed by atoms with Crippen molar-refractivity contribution < 1.29 is 27.4 Å².